The number of anilines is 1. The van der Waals surface area contributed by atoms with Gasteiger partial charge in [0.05, 0.1) is 5.02 Å². The maximum Gasteiger partial charge on any atom is 0.250 e. The van der Waals surface area contributed by atoms with Crippen molar-refractivity contribution in [2.24, 2.45) is 0 Å². The molecule has 1 amide bonds. The summed E-state index contributed by atoms with van der Waals surface area (Å²) < 4.78 is 18.8. The van der Waals surface area contributed by atoms with Crippen LogP contribution in [0.3, 0.4) is 0 Å². The Labute approximate surface area is 186 Å². The van der Waals surface area contributed by atoms with Gasteiger partial charge in [-0.05, 0) is 66.8 Å². The summed E-state index contributed by atoms with van der Waals surface area (Å²) in [5, 5.41) is 6.17. The first kappa shape index (κ1) is 21.3. The van der Waals surface area contributed by atoms with Crippen LogP contribution in [0.4, 0.5) is 10.1 Å². The molecule has 0 aliphatic carbocycles. The number of benzene rings is 2. The summed E-state index contributed by atoms with van der Waals surface area (Å²) in [5.41, 5.74) is 1.16. The highest BCUT2D eigenvalue weighted by Crippen LogP contribution is 2.29. The third kappa shape index (κ3) is 6.05. The summed E-state index contributed by atoms with van der Waals surface area (Å²) >= 11 is 22.7. The lowest BCUT2D eigenvalue weighted by Gasteiger charge is -2.08. The molecule has 148 valence electrons. The average Bonchev–Trinajstić information content (AvgIpc) is 3.11. The molecule has 0 bridgehead atoms. The molecule has 0 fully saturated rings. The van der Waals surface area contributed by atoms with Crippen LogP contribution in [0.5, 0.6) is 0 Å². The van der Waals surface area contributed by atoms with E-state index in [0.29, 0.717) is 27.3 Å². The van der Waals surface area contributed by atoms with Crippen molar-refractivity contribution >= 4 is 69.8 Å². The smallest absolute Gasteiger partial charge is 0.250 e. The Bertz CT molecular complexity index is 1090. The first-order valence-corrected chi connectivity index (χ1v) is 9.66. The van der Waals surface area contributed by atoms with E-state index in [1.165, 1.54) is 30.4 Å². The predicted molar refractivity (Wildman–Crippen MR) is 119 cm³/mol. The number of furan rings is 1. The first-order valence-electron chi connectivity index (χ1n) is 8.11. The molecule has 4 nitrogen and oxygen atoms in total. The van der Waals surface area contributed by atoms with Gasteiger partial charge in [-0.1, -0.05) is 34.8 Å². The molecule has 0 unspecified atom stereocenters. The third-order valence-corrected chi connectivity index (χ3v) is 4.52. The van der Waals surface area contributed by atoms with Gasteiger partial charge in [0.25, 0.3) is 0 Å². The number of halogens is 4. The van der Waals surface area contributed by atoms with Gasteiger partial charge in [0.1, 0.15) is 17.3 Å². The topological polar surface area (TPSA) is 54.3 Å². The lowest BCUT2D eigenvalue weighted by atomic mass is 10.2. The van der Waals surface area contributed by atoms with Crippen LogP contribution in [0.1, 0.15) is 5.76 Å². The van der Waals surface area contributed by atoms with Gasteiger partial charge in [-0.25, -0.2) is 4.39 Å². The van der Waals surface area contributed by atoms with Crippen molar-refractivity contribution in [3.05, 3.63) is 81.3 Å². The molecule has 0 aliphatic heterocycles. The van der Waals surface area contributed by atoms with E-state index in [4.69, 9.17) is 51.4 Å². The van der Waals surface area contributed by atoms with Crippen LogP contribution in [0.15, 0.2) is 59.0 Å². The molecule has 2 N–H and O–H groups in total. The summed E-state index contributed by atoms with van der Waals surface area (Å²) in [6, 6.07) is 12.5. The summed E-state index contributed by atoms with van der Waals surface area (Å²) in [6.07, 6.45) is 2.75. The van der Waals surface area contributed by atoms with Gasteiger partial charge in [-0.2, -0.15) is 0 Å². The van der Waals surface area contributed by atoms with Gasteiger partial charge in [0, 0.05) is 27.4 Å². The molecule has 0 radical (unpaired) electrons. The lowest BCUT2D eigenvalue weighted by Crippen LogP contribution is -2.32. The minimum atomic E-state index is -0.548. The molecule has 1 heterocycles. The number of hydrogen-bond donors (Lipinski definition) is 2. The first-order chi connectivity index (χ1) is 13.8. The molecule has 0 spiro atoms. The molecule has 29 heavy (non-hydrogen) atoms. The van der Waals surface area contributed by atoms with Crippen LogP contribution in [0, 0.1) is 5.82 Å². The Morgan fingerprint density at radius 1 is 1.03 bits per heavy atom. The van der Waals surface area contributed by atoms with Crippen LogP contribution < -0.4 is 10.6 Å². The minimum absolute atomic E-state index is 0.0380. The summed E-state index contributed by atoms with van der Waals surface area (Å²) in [6.45, 7) is 0. The fourth-order valence-corrected chi connectivity index (χ4v) is 3.27. The number of carbonyl (C=O) groups excluding carboxylic acids is 1. The maximum absolute atomic E-state index is 13.2. The molecule has 1 aromatic heterocycles. The third-order valence-electron chi connectivity index (χ3n) is 3.59. The monoisotopic (exact) mass is 468 g/mol. The second-order valence-corrected chi connectivity index (χ2v) is 7.45. The van der Waals surface area contributed by atoms with E-state index in [0.717, 1.165) is 5.56 Å². The second-order valence-electron chi connectivity index (χ2n) is 5.77. The summed E-state index contributed by atoms with van der Waals surface area (Å²) in [5.74, 6) is -0.0114. The van der Waals surface area contributed by atoms with E-state index in [2.05, 4.69) is 10.6 Å². The van der Waals surface area contributed by atoms with Crippen LogP contribution in [-0.4, -0.2) is 11.0 Å². The zero-order valence-electron chi connectivity index (χ0n) is 14.5. The van der Waals surface area contributed by atoms with Crippen molar-refractivity contribution in [1.82, 2.24) is 5.32 Å². The number of amides is 1. The summed E-state index contributed by atoms with van der Waals surface area (Å²) in [4.78, 5) is 12.0. The largest absolute Gasteiger partial charge is 0.457 e. The van der Waals surface area contributed by atoms with Crippen LogP contribution in [0.2, 0.25) is 15.1 Å². The molecule has 9 heteroatoms. The Morgan fingerprint density at radius 2 is 1.76 bits per heavy atom. The number of thiocarbonyl (C=S) groups is 1. The lowest BCUT2D eigenvalue weighted by molar-refractivity contribution is -0.115. The molecule has 0 aliphatic rings. The second kappa shape index (κ2) is 9.41. The van der Waals surface area contributed by atoms with E-state index in [1.807, 2.05) is 0 Å². The number of carbonyl (C=O) groups is 1. The van der Waals surface area contributed by atoms with Gasteiger partial charge in [0.2, 0.25) is 5.91 Å². The van der Waals surface area contributed by atoms with Gasteiger partial charge < -0.3 is 9.73 Å². The van der Waals surface area contributed by atoms with Crippen molar-refractivity contribution in [2.75, 3.05) is 5.32 Å². The van der Waals surface area contributed by atoms with Crippen molar-refractivity contribution in [2.45, 2.75) is 0 Å². The normalized spacial score (nSPS) is 10.9. The van der Waals surface area contributed by atoms with Gasteiger partial charge >= 0.3 is 0 Å². The van der Waals surface area contributed by atoms with E-state index >= 15 is 0 Å². The van der Waals surface area contributed by atoms with Crippen molar-refractivity contribution in [1.29, 1.82) is 0 Å². The Kier molecular flexibility index (Phi) is 6.92. The highest BCUT2D eigenvalue weighted by Gasteiger charge is 2.07. The molecule has 0 saturated heterocycles. The van der Waals surface area contributed by atoms with Gasteiger partial charge in [0.15, 0.2) is 5.11 Å². The molecule has 3 aromatic rings. The number of rotatable bonds is 4. The highest BCUT2D eigenvalue weighted by molar-refractivity contribution is 7.80. The Hall–Kier alpha value is -2.38. The fourth-order valence-electron chi connectivity index (χ4n) is 2.34. The van der Waals surface area contributed by atoms with Crippen molar-refractivity contribution < 1.29 is 13.6 Å². The minimum Gasteiger partial charge on any atom is -0.457 e. The highest BCUT2D eigenvalue weighted by atomic mass is 35.5. The van der Waals surface area contributed by atoms with Crippen LogP contribution >= 0.6 is 47.0 Å². The molecular weight excluding hydrogens is 458 g/mol. The van der Waals surface area contributed by atoms with Crippen LogP contribution in [-0.2, 0) is 4.79 Å². The van der Waals surface area contributed by atoms with Gasteiger partial charge in [-0.15, -0.1) is 0 Å². The predicted octanol–water partition coefficient (Wildman–Crippen LogP) is 6.57. The Morgan fingerprint density at radius 3 is 2.45 bits per heavy atom. The standard InChI is InChI=1S/C20H12Cl3FN2O2S/c21-12-7-11(8-13(22)9-12)18-5-2-15(28-18)3-6-19(27)26-20(29)25-14-1-4-17(24)16(23)10-14/h1-10H,(H2,25,26,27,29)/b6-3+. The number of hydrogen-bond acceptors (Lipinski definition) is 3. The molecular formula is C20H12Cl3FN2O2S. The fraction of sp³-hybridized carbons (Fsp3) is 0. The van der Waals surface area contributed by atoms with Crippen molar-refractivity contribution in [3.63, 3.8) is 0 Å². The SMILES string of the molecule is O=C(/C=C/c1ccc(-c2cc(Cl)cc(Cl)c2)o1)NC(=S)Nc1ccc(F)c(Cl)c1. The zero-order chi connectivity index (χ0) is 21.0. The van der Waals surface area contributed by atoms with Gasteiger partial charge in [-0.3, -0.25) is 10.1 Å². The van der Waals surface area contributed by atoms with E-state index in [9.17, 15) is 9.18 Å². The van der Waals surface area contributed by atoms with Crippen LogP contribution in [0.25, 0.3) is 17.4 Å². The maximum atomic E-state index is 13.2. The van der Waals surface area contributed by atoms with E-state index in [1.54, 1.807) is 30.3 Å². The quantitative estimate of drug-likeness (QED) is 0.335. The van der Waals surface area contributed by atoms with E-state index in [-0.39, 0.29) is 10.1 Å². The molecule has 2 aromatic carbocycles. The number of nitrogens with one attached hydrogen (secondary N) is 2. The zero-order valence-corrected chi connectivity index (χ0v) is 17.6. The molecule has 0 atom stereocenters. The van der Waals surface area contributed by atoms with E-state index < -0.39 is 11.7 Å². The van der Waals surface area contributed by atoms with Crippen molar-refractivity contribution in [3.8, 4) is 11.3 Å². The Balaban J connectivity index is 1.59. The molecule has 3 rings (SSSR count). The molecule has 0 saturated carbocycles. The summed E-state index contributed by atoms with van der Waals surface area (Å²) in [7, 11) is 0. The average molecular weight is 470 g/mol.